The minimum atomic E-state index is -0.227. The Bertz CT molecular complexity index is 1070. The number of Topliss-reactive ketones (excluding diaryl/α,β-unsaturated/α-hetero) is 1. The quantitative estimate of drug-likeness (QED) is 0.385. The number of carbonyl (C=O) groups excluding carboxylic acids is 2. The fourth-order valence-electron chi connectivity index (χ4n) is 3.56. The molecule has 6 heteroatoms. The van der Waals surface area contributed by atoms with Gasteiger partial charge in [0.1, 0.15) is 11.5 Å². The van der Waals surface area contributed by atoms with E-state index in [4.69, 9.17) is 9.47 Å². The van der Waals surface area contributed by atoms with Gasteiger partial charge in [-0.05, 0) is 61.4 Å². The van der Waals surface area contributed by atoms with Gasteiger partial charge in [-0.3, -0.25) is 9.59 Å². The normalized spacial score (nSPS) is 10.8. The Morgan fingerprint density at radius 1 is 0.933 bits per heavy atom. The van der Waals surface area contributed by atoms with E-state index >= 15 is 0 Å². The van der Waals surface area contributed by atoms with Crippen LogP contribution < -0.4 is 9.47 Å². The molecule has 0 radical (unpaired) electrons. The average Bonchev–Trinajstić information content (AvgIpc) is 3.05. The first-order valence-electron chi connectivity index (χ1n) is 9.90. The molecular weight excluding hydrogens is 382 g/mol. The van der Waals surface area contributed by atoms with Crippen LogP contribution in [0.1, 0.15) is 34.6 Å². The molecule has 0 unspecified atom stereocenters. The summed E-state index contributed by atoms with van der Waals surface area (Å²) in [5.41, 5.74) is 2.51. The summed E-state index contributed by atoms with van der Waals surface area (Å²) in [6.07, 6.45) is 1.01. The third kappa shape index (κ3) is 4.82. The molecule has 2 aromatic carbocycles. The summed E-state index contributed by atoms with van der Waals surface area (Å²) in [4.78, 5) is 24.1. The van der Waals surface area contributed by atoms with E-state index < -0.39 is 0 Å². The average molecular weight is 409 g/mol. The summed E-state index contributed by atoms with van der Waals surface area (Å²) in [5, 5.41) is 2.06. The maximum atomic E-state index is 12.8. The summed E-state index contributed by atoms with van der Waals surface area (Å²) >= 11 is 0. The van der Waals surface area contributed by atoms with Crippen molar-refractivity contribution >= 4 is 22.5 Å². The highest BCUT2D eigenvalue weighted by molar-refractivity contribution is 5.98. The van der Waals surface area contributed by atoms with Crippen molar-refractivity contribution in [2.45, 2.75) is 33.2 Å². The number of carbonyl (C=O) groups is 2. The molecule has 1 aromatic heterocycles. The summed E-state index contributed by atoms with van der Waals surface area (Å²) < 4.78 is 17.8. The second-order valence-electron chi connectivity index (χ2n) is 7.20. The number of rotatable bonds is 9. The van der Waals surface area contributed by atoms with E-state index in [1.807, 2.05) is 56.3 Å². The topological polar surface area (TPSA) is 66.8 Å². The van der Waals surface area contributed by atoms with Gasteiger partial charge in [-0.15, -0.1) is 0 Å². The summed E-state index contributed by atoms with van der Waals surface area (Å²) in [5.74, 6) is 1.11. The fraction of sp³-hybridized carbons (Fsp3) is 0.333. The molecule has 0 atom stereocenters. The third-order valence-electron chi connectivity index (χ3n) is 5.25. The van der Waals surface area contributed by atoms with E-state index in [9.17, 15) is 9.59 Å². The maximum Gasteiger partial charge on any atom is 0.305 e. The lowest BCUT2D eigenvalue weighted by atomic mass is 10.1. The molecule has 30 heavy (non-hydrogen) atoms. The Balaban J connectivity index is 1.67. The molecule has 0 spiro atoms. The zero-order chi connectivity index (χ0) is 21.7. The Morgan fingerprint density at radius 2 is 1.63 bits per heavy atom. The Kier molecular flexibility index (Phi) is 6.77. The lowest BCUT2D eigenvalue weighted by Gasteiger charge is -2.10. The molecule has 158 valence electrons. The van der Waals surface area contributed by atoms with Gasteiger partial charge in [-0.1, -0.05) is 12.1 Å². The first kappa shape index (κ1) is 21.4. The van der Waals surface area contributed by atoms with Gasteiger partial charge in [-0.25, -0.2) is 0 Å². The molecule has 0 aliphatic carbocycles. The van der Waals surface area contributed by atoms with Gasteiger partial charge < -0.3 is 18.8 Å². The van der Waals surface area contributed by atoms with Crippen LogP contribution in [0.4, 0.5) is 0 Å². The van der Waals surface area contributed by atoms with Crippen molar-refractivity contribution in [3.05, 3.63) is 59.4 Å². The van der Waals surface area contributed by atoms with Gasteiger partial charge in [0.25, 0.3) is 0 Å². The SMILES string of the molecule is COC(=O)CCCn1c(C)cc(C(=O)COc2ccc3ccc(OC)cc3c2)c1C. The summed E-state index contributed by atoms with van der Waals surface area (Å²) in [6.45, 7) is 4.50. The lowest BCUT2D eigenvalue weighted by molar-refractivity contribution is -0.140. The van der Waals surface area contributed by atoms with Gasteiger partial charge in [0, 0.05) is 29.9 Å². The van der Waals surface area contributed by atoms with E-state index in [1.54, 1.807) is 7.11 Å². The minimum Gasteiger partial charge on any atom is -0.497 e. The second-order valence-corrected chi connectivity index (χ2v) is 7.20. The van der Waals surface area contributed by atoms with Crippen molar-refractivity contribution in [3.8, 4) is 11.5 Å². The Labute approximate surface area is 176 Å². The second kappa shape index (κ2) is 9.48. The van der Waals surface area contributed by atoms with Crippen molar-refractivity contribution in [2.75, 3.05) is 20.8 Å². The van der Waals surface area contributed by atoms with Crippen LogP contribution >= 0.6 is 0 Å². The number of nitrogens with zero attached hydrogens (tertiary/aromatic N) is 1. The maximum absolute atomic E-state index is 12.8. The van der Waals surface area contributed by atoms with Crippen LogP contribution in [-0.4, -0.2) is 37.1 Å². The van der Waals surface area contributed by atoms with Crippen LogP contribution in [-0.2, 0) is 16.1 Å². The number of esters is 1. The van der Waals surface area contributed by atoms with Crippen LogP contribution in [0.25, 0.3) is 10.8 Å². The Morgan fingerprint density at radius 3 is 2.33 bits per heavy atom. The van der Waals surface area contributed by atoms with Crippen LogP contribution in [0.3, 0.4) is 0 Å². The number of aromatic nitrogens is 1. The standard InChI is InChI=1S/C24H27NO5/c1-16-12-22(17(2)25(16)11-5-6-24(27)29-4)23(26)15-30-21-10-8-18-7-9-20(28-3)13-19(18)14-21/h7-10,12-14H,5-6,11,15H2,1-4H3. The summed E-state index contributed by atoms with van der Waals surface area (Å²) in [6, 6.07) is 13.4. The smallest absolute Gasteiger partial charge is 0.305 e. The molecule has 0 saturated heterocycles. The van der Waals surface area contributed by atoms with E-state index in [2.05, 4.69) is 9.30 Å². The highest BCUT2D eigenvalue weighted by atomic mass is 16.5. The van der Waals surface area contributed by atoms with Crippen molar-refractivity contribution in [1.82, 2.24) is 4.57 Å². The number of ketones is 1. The zero-order valence-corrected chi connectivity index (χ0v) is 17.9. The molecule has 1 heterocycles. The van der Waals surface area contributed by atoms with Crippen LogP contribution in [0.2, 0.25) is 0 Å². The molecule has 0 fully saturated rings. The monoisotopic (exact) mass is 409 g/mol. The predicted octanol–water partition coefficient (Wildman–Crippen LogP) is 4.48. The van der Waals surface area contributed by atoms with E-state index in [0.717, 1.165) is 27.9 Å². The molecule has 0 saturated carbocycles. The van der Waals surface area contributed by atoms with Crippen LogP contribution in [0, 0.1) is 13.8 Å². The van der Waals surface area contributed by atoms with Crippen molar-refractivity contribution in [2.24, 2.45) is 0 Å². The first-order chi connectivity index (χ1) is 14.4. The largest absolute Gasteiger partial charge is 0.497 e. The van der Waals surface area contributed by atoms with Crippen molar-refractivity contribution in [1.29, 1.82) is 0 Å². The van der Waals surface area contributed by atoms with E-state index in [0.29, 0.717) is 30.7 Å². The van der Waals surface area contributed by atoms with E-state index in [1.165, 1.54) is 7.11 Å². The van der Waals surface area contributed by atoms with Gasteiger partial charge >= 0.3 is 5.97 Å². The van der Waals surface area contributed by atoms with E-state index in [-0.39, 0.29) is 18.4 Å². The van der Waals surface area contributed by atoms with Gasteiger partial charge in [0.2, 0.25) is 5.78 Å². The third-order valence-corrected chi connectivity index (χ3v) is 5.25. The molecule has 0 amide bonds. The van der Waals surface area contributed by atoms with Crippen molar-refractivity contribution in [3.63, 3.8) is 0 Å². The molecular formula is C24H27NO5. The predicted molar refractivity (Wildman–Crippen MR) is 115 cm³/mol. The molecule has 0 aliphatic rings. The number of hydrogen-bond donors (Lipinski definition) is 0. The molecule has 0 N–H and O–H groups in total. The Hall–Kier alpha value is -3.28. The molecule has 0 aliphatic heterocycles. The lowest BCUT2D eigenvalue weighted by Crippen LogP contribution is -2.13. The minimum absolute atomic E-state index is 0.0398. The zero-order valence-electron chi connectivity index (χ0n) is 17.9. The molecule has 3 aromatic rings. The van der Waals surface area contributed by atoms with Crippen LogP contribution in [0.15, 0.2) is 42.5 Å². The van der Waals surface area contributed by atoms with Crippen LogP contribution in [0.5, 0.6) is 11.5 Å². The molecule has 0 bridgehead atoms. The highest BCUT2D eigenvalue weighted by Gasteiger charge is 2.16. The first-order valence-corrected chi connectivity index (χ1v) is 9.90. The number of aryl methyl sites for hydroxylation is 1. The number of fused-ring (bicyclic) bond motifs is 1. The number of benzene rings is 2. The fourth-order valence-corrected chi connectivity index (χ4v) is 3.56. The number of hydrogen-bond acceptors (Lipinski definition) is 5. The van der Waals surface area contributed by atoms with Gasteiger partial charge in [0.15, 0.2) is 6.61 Å². The summed E-state index contributed by atoms with van der Waals surface area (Å²) in [7, 11) is 3.02. The number of methoxy groups -OCH3 is 2. The molecule has 3 rings (SSSR count). The number of ether oxygens (including phenoxy) is 3. The van der Waals surface area contributed by atoms with Gasteiger partial charge in [-0.2, -0.15) is 0 Å². The van der Waals surface area contributed by atoms with Crippen molar-refractivity contribution < 1.29 is 23.8 Å². The molecule has 6 nitrogen and oxygen atoms in total. The van der Waals surface area contributed by atoms with Gasteiger partial charge in [0.05, 0.1) is 14.2 Å². The highest BCUT2D eigenvalue weighted by Crippen LogP contribution is 2.25.